The van der Waals surface area contributed by atoms with Gasteiger partial charge >= 0.3 is 0 Å². The van der Waals surface area contributed by atoms with Gasteiger partial charge in [-0.25, -0.2) is 0 Å². The fourth-order valence-corrected chi connectivity index (χ4v) is 0.969. The molecule has 54 valence electrons. The molecule has 1 rings (SSSR count). The molecule has 1 saturated heterocycles. The molecule has 0 bridgehead atoms. The van der Waals surface area contributed by atoms with Gasteiger partial charge in [-0.3, -0.25) is 4.84 Å². The van der Waals surface area contributed by atoms with Crippen LogP contribution in [-0.2, 0) is 4.84 Å². The third-order valence-electron chi connectivity index (χ3n) is 1.53. The molecule has 2 N–H and O–H groups in total. The summed E-state index contributed by atoms with van der Waals surface area (Å²) < 4.78 is 0. The summed E-state index contributed by atoms with van der Waals surface area (Å²) in [6, 6.07) is 0. The number of hydrogen-bond donors (Lipinski definition) is 1. The van der Waals surface area contributed by atoms with Gasteiger partial charge in [0.05, 0.1) is 13.3 Å². The molecule has 1 aliphatic heterocycles. The average Bonchev–Trinajstić information content (AvgIpc) is 2.13. The maximum absolute atomic E-state index is 5.37. The molecule has 3 heteroatoms. The Bertz CT molecular complexity index is 69.5. The third kappa shape index (κ3) is 2.30. The van der Waals surface area contributed by atoms with E-state index < -0.39 is 0 Å². The van der Waals surface area contributed by atoms with E-state index in [0.29, 0.717) is 6.67 Å². The molecule has 1 fully saturated rings. The first-order chi connectivity index (χ1) is 4.43. The van der Waals surface area contributed by atoms with Crippen LogP contribution < -0.4 is 5.73 Å². The molecule has 1 heterocycles. The molecule has 3 nitrogen and oxygen atoms in total. The van der Waals surface area contributed by atoms with Crippen molar-refractivity contribution in [2.45, 2.75) is 19.3 Å². The van der Waals surface area contributed by atoms with Crippen LogP contribution in [0.2, 0.25) is 0 Å². The van der Waals surface area contributed by atoms with Gasteiger partial charge in [-0.1, -0.05) is 0 Å². The van der Waals surface area contributed by atoms with Crippen molar-refractivity contribution in [1.29, 1.82) is 0 Å². The van der Waals surface area contributed by atoms with E-state index in [0.717, 1.165) is 13.2 Å². The Morgan fingerprint density at radius 2 is 2.22 bits per heavy atom. The summed E-state index contributed by atoms with van der Waals surface area (Å²) in [4.78, 5) is 5.26. The Hall–Kier alpha value is -0.120. The van der Waals surface area contributed by atoms with Crippen LogP contribution in [0.25, 0.3) is 0 Å². The summed E-state index contributed by atoms with van der Waals surface area (Å²) in [6.45, 7) is 2.37. The van der Waals surface area contributed by atoms with E-state index in [9.17, 15) is 0 Å². The maximum Gasteiger partial charge on any atom is 0.0706 e. The molecule has 0 aromatic heterocycles. The standard InChI is InChI=1S/C6H14N2O/c7-6-8-4-2-1-3-5-9-8/h1-7H2. The van der Waals surface area contributed by atoms with Gasteiger partial charge in [0.15, 0.2) is 0 Å². The average molecular weight is 130 g/mol. The molecular formula is C6H14N2O. The van der Waals surface area contributed by atoms with Gasteiger partial charge in [0.2, 0.25) is 0 Å². The highest BCUT2D eigenvalue weighted by atomic mass is 16.7. The van der Waals surface area contributed by atoms with Crippen molar-refractivity contribution in [1.82, 2.24) is 5.06 Å². The van der Waals surface area contributed by atoms with E-state index in [-0.39, 0.29) is 0 Å². The Morgan fingerprint density at radius 3 is 3.00 bits per heavy atom. The number of nitrogens with two attached hydrogens (primary N) is 1. The topological polar surface area (TPSA) is 38.5 Å². The second-order valence-electron chi connectivity index (χ2n) is 2.28. The van der Waals surface area contributed by atoms with Crippen LogP contribution in [0.15, 0.2) is 0 Å². The summed E-state index contributed by atoms with van der Waals surface area (Å²) in [5, 5.41) is 1.83. The largest absolute Gasteiger partial charge is 0.316 e. The number of nitrogens with zero attached hydrogens (tertiary/aromatic N) is 1. The summed E-state index contributed by atoms with van der Waals surface area (Å²) in [5.74, 6) is 0. The molecule has 0 atom stereocenters. The molecule has 0 aromatic rings. The highest BCUT2D eigenvalue weighted by Gasteiger charge is 2.05. The van der Waals surface area contributed by atoms with Gasteiger partial charge in [-0.2, -0.15) is 5.06 Å². The van der Waals surface area contributed by atoms with Crippen LogP contribution in [0.4, 0.5) is 0 Å². The Labute approximate surface area is 55.7 Å². The molecule has 0 aliphatic carbocycles. The van der Waals surface area contributed by atoms with Crippen LogP contribution in [-0.4, -0.2) is 24.9 Å². The van der Waals surface area contributed by atoms with E-state index in [4.69, 9.17) is 10.6 Å². The normalized spacial score (nSPS) is 23.7. The lowest BCUT2D eigenvalue weighted by atomic mass is 10.2. The molecule has 9 heavy (non-hydrogen) atoms. The molecule has 0 radical (unpaired) electrons. The summed E-state index contributed by atoms with van der Waals surface area (Å²) in [5.41, 5.74) is 5.37. The van der Waals surface area contributed by atoms with E-state index in [1.807, 2.05) is 5.06 Å². The van der Waals surface area contributed by atoms with Crippen LogP contribution in [0.1, 0.15) is 19.3 Å². The number of hydrogen-bond acceptors (Lipinski definition) is 3. The molecular weight excluding hydrogens is 116 g/mol. The lowest BCUT2D eigenvalue weighted by Crippen LogP contribution is -2.29. The van der Waals surface area contributed by atoms with Gasteiger partial charge in [0.25, 0.3) is 0 Å². The molecule has 0 spiro atoms. The first kappa shape index (κ1) is 6.99. The first-order valence-electron chi connectivity index (χ1n) is 3.51. The minimum absolute atomic E-state index is 0.528. The van der Waals surface area contributed by atoms with Crippen molar-refractivity contribution < 1.29 is 4.84 Å². The van der Waals surface area contributed by atoms with Crippen LogP contribution in [0.5, 0.6) is 0 Å². The van der Waals surface area contributed by atoms with E-state index in [1.165, 1.54) is 19.3 Å². The minimum Gasteiger partial charge on any atom is -0.316 e. The van der Waals surface area contributed by atoms with Crippen molar-refractivity contribution in [3.63, 3.8) is 0 Å². The second-order valence-corrected chi connectivity index (χ2v) is 2.28. The van der Waals surface area contributed by atoms with Crippen molar-refractivity contribution in [3.05, 3.63) is 0 Å². The van der Waals surface area contributed by atoms with Crippen LogP contribution >= 0.6 is 0 Å². The van der Waals surface area contributed by atoms with Gasteiger partial charge in [-0.05, 0) is 19.3 Å². The van der Waals surface area contributed by atoms with Gasteiger partial charge in [0, 0.05) is 6.54 Å². The molecule has 1 aliphatic rings. The number of hydroxylamine groups is 2. The summed E-state index contributed by atoms with van der Waals surface area (Å²) >= 11 is 0. The fraction of sp³-hybridized carbons (Fsp3) is 1.00. The van der Waals surface area contributed by atoms with Gasteiger partial charge < -0.3 is 5.73 Å². The highest BCUT2D eigenvalue weighted by Crippen LogP contribution is 2.04. The lowest BCUT2D eigenvalue weighted by molar-refractivity contribution is -0.149. The van der Waals surface area contributed by atoms with Crippen molar-refractivity contribution in [3.8, 4) is 0 Å². The summed E-state index contributed by atoms with van der Waals surface area (Å²) in [6.07, 6.45) is 3.67. The highest BCUT2D eigenvalue weighted by molar-refractivity contribution is 4.49. The quantitative estimate of drug-likeness (QED) is 0.555. The van der Waals surface area contributed by atoms with Crippen LogP contribution in [0.3, 0.4) is 0 Å². The van der Waals surface area contributed by atoms with Gasteiger partial charge in [-0.15, -0.1) is 0 Å². The second kappa shape index (κ2) is 3.82. The summed E-state index contributed by atoms with van der Waals surface area (Å²) in [7, 11) is 0. The van der Waals surface area contributed by atoms with Crippen molar-refractivity contribution in [2.24, 2.45) is 5.73 Å². The van der Waals surface area contributed by atoms with E-state index >= 15 is 0 Å². The van der Waals surface area contributed by atoms with E-state index in [2.05, 4.69) is 0 Å². The lowest BCUT2D eigenvalue weighted by Gasteiger charge is -2.15. The van der Waals surface area contributed by atoms with Crippen molar-refractivity contribution >= 4 is 0 Å². The minimum atomic E-state index is 0.528. The molecule has 0 unspecified atom stereocenters. The third-order valence-corrected chi connectivity index (χ3v) is 1.53. The first-order valence-corrected chi connectivity index (χ1v) is 3.51. The molecule has 0 saturated carbocycles. The molecule has 0 aromatic carbocycles. The fourth-order valence-electron chi connectivity index (χ4n) is 0.969. The Morgan fingerprint density at radius 1 is 1.33 bits per heavy atom. The van der Waals surface area contributed by atoms with Crippen molar-refractivity contribution in [2.75, 3.05) is 19.8 Å². The SMILES string of the molecule is NCN1CCCCCO1. The Balaban J connectivity index is 2.18. The van der Waals surface area contributed by atoms with Gasteiger partial charge in [0.1, 0.15) is 0 Å². The zero-order valence-corrected chi connectivity index (χ0v) is 5.68. The zero-order chi connectivity index (χ0) is 6.53. The predicted molar refractivity (Wildman–Crippen MR) is 35.6 cm³/mol. The zero-order valence-electron chi connectivity index (χ0n) is 5.68. The molecule has 0 amide bonds. The van der Waals surface area contributed by atoms with Crippen LogP contribution in [0, 0.1) is 0 Å². The maximum atomic E-state index is 5.37. The van der Waals surface area contributed by atoms with E-state index in [1.54, 1.807) is 0 Å². The number of rotatable bonds is 1. The monoisotopic (exact) mass is 130 g/mol. The smallest absolute Gasteiger partial charge is 0.0706 e. The predicted octanol–water partition coefficient (Wildman–Crippen LogP) is 0.320. The Kier molecular flexibility index (Phi) is 2.97.